The van der Waals surface area contributed by atoms with E-state index >= 15 is 0 Å². The standard InChI is InChI=1S/C13H11N3OS3/c14-16-12(17)11-9(7-19-13-15-5-6-18-13)8-3-1-2-4-10(8)20-11/h1-6H,7,14H2,(H,16,17). The summed E-state index contributed by atoms with van der Waals surface area (Å²) in [6, 6.07) is 8.01. The molecule has 0 aliphatic heterocycles. The predicted octanol–water partition coefficient (Wildman–Crippen LogP) is 3.25. The van der Waals surface area contributed by atoms with Gasteiger partial charge >= 0.3 is 0 Å². The number of thiophene rings is 1. The van der Waals surface area contributed by atoms with Crippen molar-refractivity contribution in [3.63, 3.8) is 0 Å². The van der Waals surface area contributed by atoms with E-state index in [4.69, 9.17) is 5.84 Å². The summed E-state index contributed by atoms with van der Waals surface area (Å²) in [4.78, 5) is 16.8. The van der Waals surface area contributed by atoms with Crippen molar-refractivity contribution < 1.29 is 4.79 Å². The highest BCUT2D eigenvalue weighted by Gasteiger charge is 2.17. The Hall–Kier alpha value is -1.41. The molecule has 0 saturated carbocycles. The minimum Gasteiger partial charge on any atom is -0.289 e. The van der Waals surface area contributed by atoms with Crippen molar-refractivity contribution in [3.8, 4) is 0 Å². The maximum absolute atomic E-state index is 11.9. The minimum atomic E-state index is -0.235. The van der Waals surface area contributed by atoms with E-state index in [1.807, 2.05) is 29.6 Å². The van der Waals surface area contributed by atoms with Crippen molar-refractivity contribution in [2.24, 2.45) is 5.84 Å². The molecule has 3 aromatic rings. The molecular formula is C13H11N3OS3. The van der Waals surface area contributed by atoms with Crippen LogP contribution in [0.15, 0.2) is 40.2 Å². The number of hydrazine groups is 1. The summed E-state index contributed by atoms with van der Waals surface area (Å²) in [7, 11) is 0. The fraction of sp³-hybridized carbons (Fsp3) is 0.0769. The van der Waals surface area contributed by atoms with Gasteiger partial charge in [-0.2, -0.15) is 0 Å². The molecule has 0 aliphatic carbocycles. The predicted molar refractivity (Wildman–Crippen MR) is 85.2 cm³/mol. The number of hydrogen-bond donors (Lipinski definition) is 2. The third kappa shape index (κ3) is 2.57. The highest BCUT2D eigenvalue weighted by molar-refractivity contribution is 8.00. The third-order valence-corrected chi connectivity index (χ3v) is 5.99. The molecule has 3 rings (SSSR count). The number of hydrogen-bond acceptors (Lipinski definition) is 6. The first-order valence-corrected chi connectivity index (χ1v) is 8.51. The quantitative estimate of drug-likeness (QED) is 0.335. The van der Waals surface area contributed by atoms with Crippen LogP contribution in [0.4, 0.5) is 0 Å². The molecule has 0 unspecified atom stereocenters. The van der Waals surface area contributed by atoms with E-state index in [1.165, 1.54) is 11.3 Å². The third-order valence-electron chi connectivity index (χ3n) is 2.79. The fourth-order valence-electron chi connectivity index (χ4n) is 1.91. The van der Waals surface area contributed by atoms with Crippen LogP contribution in [0.5, 0.6) is 0 Å². The first kappa shape index (κ1) is 13.6. The van der Waals surface area contributed by atoms with E-state index < -0.39 is 0 Å². The van der Waals surface area contributed by atoms with Gasteiger partial charge in [0.1, 0.15) is 4.34 Å². The number of aromatic nitrogens is 1. The largest absolute Gasteiger partial charge is 0.289 e. The van der Waals surface area contributed by atoms with Gasteiger partial charge in [-0.15, -0.1) is 22.7 Å². The zero-order chi connectivity index (χ0) is 13.9. The van der Waals surface area contributed by atoms with Gasteiger partial charge in [0.25, 0.3) is 5.91 Å². The number of benzene rings is 1. The van der Waals surface area contributed by atoms with Crippen LogP contribution in [-0.4, -0.2) is 10.9 Å². The van der Waals surface area contributed by atoms with Crippen LogP contribution in [-0.2, 0) is 5.75 Å². The summed E-state index contributed by atoms with van der Waals surface area (Å²) in [5, 5.41) is 3.06. The Bertz CT molecular complexity index is 736. The molecular weight excluding hydrogens is 310 g/mol. The van der Waals surface area contributed by atoms with E-state index in [0.717, 1.165) is 20.0 Å². The first-order valence-electron chi connectivity index (χ1n) is 5.83. The second kappa shape index (κ2) is 5.92. The van der Waals surface area contributed by atoms with Crippen LogP contribution in [0.1, 0.15) is 15.2 Å². The Morgan fingerprint density at radius 2 is 2.25 bits per heavy atom. The monoisotopic (exact) mass is 321 g/mol. The van der Waals surface area contributed by atoms with Gasteiger partial charge in [0, 0.05) is 22.0 Å². The molecule has 0 atom stereocenters. The van der Waals surface area contributed by atoms with Crippen LogP contribution >= 0.6 is 34.4 Å². The highest BCUT2D eigenvalue weighted by atomic mass is 32.2. The average molecular weight is 321 g/mol. The van der Waals surface area contributed by atoms with E-state index in [-0.39, 0.29) is 5.91 Å². The van der Waals surface area contributed by atoms with Crippen molar-refractivity contribution in [2.75, 3.05) is 0 Å². The zero-order valence-electron chi connectivity index (χ0n) is 10.3. The molecule has 2 aromatic heterocycles. The fourth-order valence-corrected chi connectivity index (χ4v) is 4.80. The second-order valence-corrected chi connectivity index (χ2v) is 7.14. The van der Waals surface area contributed by atoms with Gasteiger partial charge in [-0.3, -0.25) is 10.2 Å². The average Bonchev–Trinajstić information content (AvgIpc) is 3.11. The SMILES string of the molecule is NNC(=O)c1sc2ccccc2c1CSc1nccs1. The number of nitrogens with zero attached hydrogens (tertiary/aromatic N) is 1. The summed E-state index contributed by atoms with van der Waals surface area (Å²) < 4.78 is 2.10. The van der Waals surface area contributed by atoms with Gasteiger partial charge in [-0.25, -0.2) is 10.8 Å². The van der Waals surface area contributed by atoms with E-state index in [0.29, 0.717) is 10.6 Å². The van der Waals surface area contributed by atoms with Crippen molar-refractivity contribution in [3.05, 3.63) is 46.3 Å². The van der Waals surface area contributed by atoms with Crippen LogP contribution in [0, 0.1) is 0 Å². The van der Waals surface area contributed by atoms with Crippen molar-refractivity contribution in [2.45, 2.75) is 10.1 Å². The van der Waals surface area contributed by atoms with Gasteiger partial charge in [0.15, 0.2) is 0 Å². The number of amides is 1. The summed E-state index contributed by atoms with van der Waals surface area (Å²) in [6.07, 6.45) is 1.78. The Morgan fingerprint density at radius 3 is 3.00 bits per heavy atom. The summed E-state index contributed by atoms with van der Waals surface area (Å²) in [6.45, 7) is 0. The number of thiazole rings is 1. The van der Waals surface area contributed by atoms with Gasteiger partial charge in [0.05, 0.1) is 4.88 Å². The van der Waals surface area contributed by atoms with Crippen LogP contribution in [0.3, 0.4) is 0 Å². The molecule has 0 saturated heterocycles. The van der Waals surface area contributed by atoms with Gasteiger partial charge in [-0.05, 0) is 17.0 Å². The van der Waals surface area contributed by atoms with Gasteiger partial charge < -0.3 is 0 Å². The van der Waals surface area contributed by atoms with Crippen molar-refractivity contribution in [1.82, 2.24) is 10.4 Å². The van der Waals surface area contributed by atoms with Crippen LogP contribution in [0.2, 0.25) is 0 Å². The normalized spacial score (nSPS) is 10.8. The van der Waals surface area contributed by atoms with Gasteiger partial charge in [-0.1, -0.05) is 30.0 Å². The lowest BCUT2D eigenvalue weighted by Crippen LogP contribution is -2.29. The number of carbonyl (C=O) groups is 1. The molecule has 0 spiro atoms. The molecule has 1 aromatic carbocycles. The molecule has 0 bridgehead atoms. The molecule has 20 heavy (non-hydrogen) atoms. The van der Waals surface area contributed by atoms with Crippen LogP contribution in [0.25, 0.3) is 10.1 Å². The molecule has 102 valence electrons. The number of fused-ring (bicyclic) bond motifs is 1. The molecule has 2 heterocycles. The lowest BCUT2D eigenvalue weighted by Gasteiger charge is -2.02. The molecule has 3 N–H and O–H groups in total. The Kier molecular flexibility index (Phi) is 4.02. The number of rotatable bonds is 4. The van der Waals surface area contributed by atoms with Crippen LogP contribution < -0.4 is 11.3 Å². The molecule has 1 amide bonds. The smallest absolute Gasteiger partial charge is 0.275 e. The topological polar surface area (TPSA) is 68.0 Å². The van der Waals surface area contributed by atoms with Gasteiger partial charge in [0.2, 0.25) is 0 Å². The Morgan fingerprint density at radius 1 is 1.40 bits per heavy atom. The number of thioether (sulfide) groups is 1. The van der Waals surface area contributed by atoms with Crippen molar-refractivity contribution in [1.29, 1.82) is 0 Å². The molecule has 0 aliphatic rings. The number of nitrogens with two attached hydrogens (primary N) is 1. The lowest BCUT2D eigenvalue weighted by atomic mass is 10.1. The van der Waals surface area contributed by atoms with E-state index in [9.17, 15) is 4.79 Å². The maximum Gasteiger partial charge on any atom is 0.275 e. The summed E-state index contributed by atoms with van der Waals surface area (Å²) in [5.41, 5.74) is 3.25. The van der Waals surface area contributed by atoms with E-state index in [2.05, 4.69) is 10.4 Å². The Balaban J connectivity index is 1.99. The maximum atomic E-state index is 11.9. The lowest BCUT2D eigenvalue weighted by molar-refractivity contribution is 0.0957. The molecule has 0 radical (unpaired) electrons. The number of nitrogen functional groups attached to an aromatic ring is 1. The number of nitrogens with one attached hydrogen (secondary N) is 1. The van der Waals surface area contributed by atoms with E-state index in [1.54, 1.807) is 29.3 Å². The zero-order valence-corrected chi connectivity index (χ0v) is 12.8. The summed E-state index contributed by atoms with van der Waals surface area (Å²) in [5.74, 6) is 5.75. The summed E-state index contributed by atoms with van der Waals surface area (Å²) >= 11 is 4.71. The molecule has 4 nitrogen and oxygen atoms in total. The first-order chi connectivity index (χ1) is 9.79. The second-order valence-electron chi connectivity index (χ2n) is 3.97. The van der Waals surface area contributed by atoms with Crippen molar-refractivity contribution >= 4 is 50.4 Å². The highest BCUT2D eigenvalue weighted by Crippen LogP contribution is 2.35. The molecule has 0 fully saturated rings. The number of carbonyl (C=O) groups excluding carboxylic acids is 1. The molecule has 7 heteroatoms. The minimum absolute atomic E-state index is 0.235. The Labute approximate surface area is 128 Å².